The van der Waals surface area contributed by atoms with Gasteiger partial charge in [0.2, 0.25) is 0 Å². The Morgan fingerprint density at radius 3 is 0.526 bits per heavy atom. The summed E-state index contributed by atoms with van der Waals surface area (Å²) < 4.78 is 0. The van der Waals surface area contributed by atoms with E-state index in [1.54, 1.807) is 15.9 Å². The molecule has 6 aromatic carbocycles. The van der Waals surface area contributed by atoms with Crippen LogP contribution in [-0.4, -0.2) is 34.0 Å². The van der Waals surface area contributed by atoms with Crippen LogP contribution in [0.2, 0.25) is 0 Å². The van der Waals surface area contributed by atoms with Gasteiger partial charge in [0.25, 0.3) is 0 Å². The van der Waals surface area contributed by atoms with Gasteiger partial charge in [-0.1, -0.05) is 249 Å². The van der Waals surface area contributed by atoms with Crippen molar-refractivity contribution < 1.29 is 0 Å². The van der Waals surface area contributed by atoms with E-state index in [0.717, 1.165) is 34.0 Å². The Balaban J connectivity index is 0.817. The Kier molecular flexibility index (Phi) is 18.2. The van der Waals surface area contributed by atoms with Gasteiger partial charge < -0.3 is 4.90 Å². The lowest BCUT2D eigenvalue weighted by Gasteiger charge is -2.38. The predicted octanol–water partition coefficient (Wildman–Crippen LogP) is 21.5. The maximum Gasteiger partial charge on any atom is 0.0462 e. The van der Waals surface area contributed by atoms with Crippen LogP contribution < -0.4 is 20.8 Å². The van der Waals surface area contributed by atoms with Gasteiger partial charge in [-0.3, -0.25) is 0 Å². The van der Waals surface area contributed by atoms with Crippen LogP contribution in [0.1, 0.15) is 193 Å². The van der Waals surface area contributed by atoms with Gasteiger partial charge in [0.15, 0.2) is 0 Å². The second-order valence-corrected chi connectivity index (χ2v) is 33.0. The van der Waals surface area contributed by atoms with Crippen molar-refractivity contribution in [2.45, 2.75) is 227 Å². The summed E-state index contributed by atoms with van der Waals surface area (Å²) in [4.78, 5) is 2.48. The maximum absolute atomic E-state index is 2.55. The molecule has 4 heteroatoms. The first kappa shape index (κ1) is 53.1. The molecule has 0 atom stereocenters. The van der Waals surface area contributed by atoms with Gasteiger partial charge in [-0.2, -0.15) is 0 Å². The van der Waals surface area contributed by atoms with E-state index < -0.39 is 0 Å². The number of anilines is 3. The number of hydrogen-bond donors (Lipinski definition) is 0. The van der Waals surface area contributed by atoms with E-state index in [-0.39, 0.29) is 23.8 Å². The van der Waals surface area contributed by atoms with Crippen LogP contribution in [0, 0.1) is 0 Å². The van der Waals surface area contributed by atoms with Gasteiger partial charge in [-0.15, -0.1) is 0 Å². The molecule has 398 valence electrons. The van der Waals surface area contributed by atoms with Crippen molar-refractivity contribution in [3.8, 4) is 33.4 Å². The SMILES string of the molecule is c1cc(N(c2ccc(-c3ccc(P(C4CCCCC4)C4CCCCC4)cc3)cc2)c2ccc(-c3ccc(P(C4CCCCC4)C4CCCCC4)cc3)cc2)ccc1-c1ccc(P(C2CCCCC2)C2CCCCC2)cc1. The third-order valence-electron chi connectivity index (χ3n) is 19.7. The molecule has 0 aromatic heterocycles. The molecule has 6 aromatic rings. The van der Waals surface area contributed by atoms with Gasteiger partial charge in [0.05, 0.1) is 0 Å². The van der Waals surface area contributed by atoms with E-state index in [1.165, 1.54) is 243 Å². The summed E-state index contributed by atoms with van der Waals surface area (Å²) in [5.41, 5.74) is 17.1. The van der Waals surface area contributed by atoms with Crippen molar-refractivity contribution in [3.05, 3.63) is 146 Å². The molecule has 0 unspecified atom stereocenters. The average Bonchev–Trinajstić information content (AvgIpc) is 3.51. The lowest BCUT2D eigenvalue weighted by Crippen LogP contribution is -2.26. The van der Waals surface area contributed by atoms with Gasteiger partial charge in [-0.25, -0.2) is 0 Å². The molecule has 12 rings (SSSR count). The first-order valence-corrected chi connectivity index (χ1v) is 35.9. The molecule has 6 aliphatic rings. The zero-order chi connectivity index (χ0) is 50.9. The average molecular weight is 1060 g/mol. The largest absolute Gasteiger partial charge is 0.311 e. The molecule has 0 saturated heterocycles. The first-order chi connectivity index (χ1) is 37.7. The smallest absolute Gasteiger partial charge is 0.0462 e. The van der Waals surface area contributed by atoms with Crippen LogP contribution in [-0.2, 0) is 0 Å². The summed E-state index contributed by atoms with van der Waals surface area (Å²) in [6.07, 6.45) is 43.4. The van der Waals surface area contributed by atoms with E-state index in [2.05, 4.69) is 150 Å². The molecule has 1 nitrogen and oxygen atoms in total. The Morgan fingerprint density at radius 2 is 0.355 bits per heavy atom. The minimum absolute atomic E-state index is 0.0988. The molecular weight excluding hydrogens is 972 g/mol. The summed E-state index contributed by atoms with van der Waals surface area (Å²) in [5.74, 6) is 0. The Labute approximate surface area is 464 Å². The molecule has 6 aliphatic carbocycles. The first-order valence-electron chi connectivity index (χ1n) is 31.5. The number of nitrogens with zero attached hydrogens (tertiary/aromatic N) is 1. The van der Waals surface area contributed by atoms with Crippen molar-refractivity contribution in [1.29, 1.82) is 0 Å². The van der Waals surface area contributed by atoms with Crippen LogP contribution in [0.3, 0.4) is 0 Å². The van der Waals surface area contributed by atoms with Crippen LogP contribution in [0.15, 0.2) is 146 Å². The topological polar surface area (TPSA) is 3.24 Å². The zero-order valence-electron chi connectivity index (χ0n) is 46.3. The molecule has 6 saturated carbocycles. The van der Waals surface area contributed by atoms with Gasteiger partial charge in [0.1, 0.15) is 0 Å². The Bertz CT molecular complexity index is 2320. The number of benzene rings is 6. The van der Waals surface area contributed by atoms with Crippen molar-refractivity contribution in [2.75, 3.05) is 4.90 Å². The van der Waals surface area contributed by atoms with Crippen molar-refractivity contribution in [2.24, 2.45) is 0 Å². The van der Waals surface area contributed by atoms with E-state index in [4.69, 9.17) is 0 Å². The molecule has 0 bridgehead atoms. The molecule has 0 amide bonds. The summed E-state index contributed by atoms with van der Waals surface area (Å²) in [6, 6.07) is 58.5. The minimum atomic E-state index is -0.0988. The predicted molar refractivity (Wildman–Crippen MR) is 338 cm³/mol. The third-order valence-corrected chi connectivity index (χ3v) is 30.2. The fraction of sp³-hybridized carbons (Fsp3) is 0.500. The monoisotopic (exact) mass is 1060 g/mol. The number of hydrogen-bond acceptors (Lipinski definition) is 1. The van der Waals surface area contributed by atoms with E-state index >= 15 is 0 Å². The standard InChI is InChI=1S/C72H90NP3/c1-7-19-64(20-8-1)74(65-21-9-2-10-22-65)70-49-37-58(38-50-70)55-31-43-61(44-32-55)73(62-45-33-56(34-46-62)59-39-51-71(52-40-59)75(66-23-11-3-12-24-66)67-25-13-4-14-26-67)63-47-35-57(36-48-63)60-41-53-72(54-42-60)76(68-27-15-5-16-28-68)69-29-17-6-18-30-69/h31-54,64-69H,1-30H2. The van der Waals surface area contributed by atoms with Crippen molar-refractivity contribution in [1.82, 2.24) is 0 Å². The summed E-state index contributed by atoms with van der Waals surface area (Å²) >= 11 is 0. The Hall–Kier alpha value is -3.59. The molecule has 0 spiro atoms. The maximum atomic E-state index is 2.55. The van der Waals surface area contributed by atoms with Crippen LogP contribution in [0.5, 0.6) is 0 Å². The second-order valence-electron chi connectivity index (χ2n) is 24.6. The lowest BCUT2D eigenvalue weighted by atomic mass is 9.99. The van der Waals surface area contributed by atoms with Crippen LogP contribution >= 0.6 is 23.8 Å². The summed E-state index contributed by atoms with van der Waals surface area (Å²) in [6.45, 7) is 0. The highest BCUT2D eigenvalue weighted by Gasteiger charge is 2.35. The molecule has 6 fully saturated rings. The van der Waals surface area contributed by atoms with Gasteiger partial charge in [-0.05, 0) is 197 Å². The van der Waals surface area contributed by atoms with E-state index in [0.29, 0.717) is 0 Å². The summed E-state index contributed by atoms with van der Waals surface area (Å²) in [7, 11) is -0.296. The van der Waals surface area contributed by atoms with Crippen molar-refractivity contribution in [3.63, 3.8) is 0 Å². The van der Waals surface area contributed by atoms with Crippen molar-refractivity contribution >= 4 is 56.7 Å². The summed E-state index contributed by atoms with van der Waals surface area (Å²) in [5, 5.41) is 5.02. The molecular formula is C72H90NP3. The highest BCUT2D eigenvalue weighted by atomic mass is 31.1. The van der Waals surface area contributed by atoms with Gasteiger partial charge >= 0.3 is 0 Å². The molecule has 0 aliphatic heterocycles. The minimum Gasteiger partial charge on any atom is -0.311 e. The van der Waals surface area contributed by atoms with Gasteiger partial charge in [0, 0.05) is 17.1 Å². The highest BCUT2D eigenvalue weighted by molar-refractivity contribution is 7.67. The van der Waals surface area contributed by atoms with Crippen LogP contribution in [0.4, 0.5) is 17.1 Å². The van der Waals surface area contributed by atoms with E-state index in [9.17, 15) is 0 Å². The fourth-order valence-electron chi connectivity index (χ4n) is 15.6. The zero-order valence-corrected chi connectivity index (χ0v) is 49.0. The lowest BCUT2D eigenvalue weighted by molar-refractivity contribution is 0.487. The highest BCUT2D eigenvalue weighted by Crippen LogP contribution is 2.58. The number of rotatable bonds is 15. The van der Waals surface area contributed by atoms with E-state index in [1.807, 2.05) is 0 Å². The Morgan fingerprint density at radius 1 is 0.197 bits per heavy atom. The normalized spacial score (nSPS) is 20.4. The molecule has 0 N–H and O–H groups in total. The molecule has 76 heavy (non-hydrogen) atoms. The van der Waals surface area contributed by atoms with Crippen LogP contribution in [0.25, 0.3) is 33.4 Å². The third kappa shape index (κ3) is 12.5. The fourth-order valence-corrected chi connectivity index (χ4v) is 27.0. The quantitative estimate of drug-likeness (QED) is 0.0927. The second kappa shape index (κ2) is 26.1. The molecule has 0 heterocycles. The molecule has 0 radical (unpaired) electrons.